The van der Waals surface area contributed by atoms with Gasteiger partial charge in [0.05, 0.1) is 5.92 Å². The van der Waals surface area contributed by atoms with Crippen molar-refractivity contribution in [1.29, 1.82) is 0 Å². The van der Waals surface area contributed by atoms with Gasteiger partial charge in [-0.1, -0.05) is 0 Å². The van der Waals surface area contributed by atoms with E-state index < -0.39 is 35.6 Å². The third kappa shape index (κ3) is 0.821. The second-order valence-electron chi connectivity index (χ2n) is 3.49. The first-order valence-electron chi connectivity index (χ1n) is 4.28. The molecule has 0 aromatic carbocycles. The van der Waals surface area contributed by atoms with Gasteiger partial charge in [-0.15, -0.1) is 0 Å². The lowest BCUT2D eigenvalue weighted by Crippen LogP contribution is -2.24. The van der Waals surface area contributed by atoms with Crippen molar-refractivity contribution < 1.29 is 23.8 Å². The summed E-state index contributed by atoms with van der Waals surface area (Å²) in [6, 6.07) is -0.968. The van der Waals surface area contributed by atoms with E-state index in [1.54, 1.807) is 0 Å². The third-order valence-corrected chi connectivity index (χ3v) is 2.74. The Morgan fingerprint density at radius 2 is 2.00 bits per heavy atom. The van der Waals surface area contributed by atoms with Crippen molar-refractivity contribution in [2.24, 2.45) is 5.92 Å². The van der Waals surface area contributed by atoms with Gasteiger partial charge in [0.15, 0.2) is 6.04 Å². The lowest BCUT2D eigenvalue weighted by molar-refractivity contribution is -0.153. The number of oxazole rings is 1. The molecule has 2 atom stereocenters. The molecule has 0 radical (unpaired) electrons. The number of ether oxygens (including phenoxy) is 1. The standard InChI is InChI=1S/C8H5NO6/c10-5-2-1-3-6(11)15-8(13)9(3)4(2)7(12)14-5/h2,4,11H,1H2. The SMILES string of the molecule is O=C1OC(=O)C2C1Cc1c(O)oc(=O)n12. The zero-order valence-corrected chi connectivity index (χ0v) is 7.30. The first-order valence-corrected chi connectivity index (χ1v) is 4.28. The Morgan fingerprint density at radius 3 is 2.73 bits per heavy atom. The smallest absolute Gasteiger partial charge is 0.423 e. The minimum absolute atomic E-state index is 0.0901. The molecule has 3 heterocycles. The van der Waals surface area contributed by atoms with E-state index >= 15 is 0 Å². The van der Waals surface area contributed by atoms with Gasteiger partial charge in [-0.05, 0) is 0 Å². The van der Waals surface area contributed by atoms with E-state index in [4.69, 9.17) is 0 Å². The van der Waals surface area contributed by atoms with Crippen molar-refractivity contribution in [3.05, 3.63) is 16.2 Å². The van der Waals surface area contributed by atoms with Gasteiger partial charge < -0.3 is 14.3 Å². The predicted molar refractivity (Wildman–Crippen MR) is 42.0 cm³/mol. The van der Waals surface area contributed by atoms with E-state index in [-0.39, 0.29) is 12.1 Å². The molecule has 0 bridgehead atoms. The summed E-state index contributed by atoms with van der Waals surface area (Å²) in [5.41, 5.74) is 0.181. The fourth-order valence-corrected chi connectivity index (χ4v) is 2.09. The molecule has 7 heteroatoms. The van der Waals surface area contributed by atoms with Crippen LogP contribution in [0, 0.1) is 5.92 Å². The number of hydrogen-bond donors (Lipinski definition) is 1. The highest BCUT2D eigenvalue weighted by Gasteiger charge is 2.53. The Bertz CT molecular complexity index is 538. The van der Waals surface area contributed by atoms with Crippen LogP contribution in [0.2, 0.25) is 0 Å². The Balaban J connectivity index is 2.24. The molecule has 78 valence electrons. The van der Waals surface area contributed by atoms with E-state index in [1.807, 2.05) is 0 Å². The highest BCUT2D eigenvalue weighted by atomic mass is 16.6. The molecule has 0 saturated carbocycles. The fourth-order valence-electron chi connectivity index (χ4n) is 2.09. The van der Waals surface area contributed by atoms with Crippen molar-refractivity contribution in [1.82, 2.24) is 4.57 Å². The number of carbonyl (C=O) groups excluding carboxylic acids is 2. The molecule has 0 aliphatic carbocycles. The van der Waals surface area contributed by atoms with Gasteiger partial charge in [0, 0.05) is 6.42 Å². The zero-order chi connectivity index (χ0) is 10.7. The van der Waals surface area contributed by atoms with Crippen LogP contribution in [0.5, 0.6) is 5.95 Å². The quantitative estimate of drug-likeness (QED) is 0.434. The largest absolute Gasteiger partial charge is 0.479 e. The number of carbonyl (C=O) groups is 2. The lowest BCUT2D eigenvalue weighted by atomic mass is 10.0. The van der Waals surface area contributed by atoms with Crippen LogP contribution in [-0.4, -0.2) is 21.6 Å². The first kappa shape index (κ1) is 8.27. The summed E-state index contributed by atoms with van der Waals surface area (Å²) >= 11 is 0. The van der Waals surface area contributed by atoms with E-state index in [2.05, 4.69) is 9.15 Å². The van der Waals surface area contributed by atoms with Gasteiger partial charge in [-0.3, -0.25) is 9.36 Å². The third-order valence-electron chi connectivity index (χ3n) is 2.74. The Hall–Kier alpha value is -2.05. The molecular formula is C8H5NO6. The summed E-state index contributed by atoms with van der Waals surface area (Å²) in [6.07, 6.45) is 0.0901. The number of fused-ring (bicyclic) bond motifs is 3. The van der Waals surface area contributed by atoms with Gasteiger partial charge in [0.1, 0.15) is 5.69 Å². The average molecular weight is 211 g/mol. The molecule has 0 spiro atoms. The molecule has 7 nitrogen and oxygen atoms in total. The van der Waals surface area contributed by atoms with Crippen LogP contribution >= 0.6 is 0 Å². The minimum atomic E-state index is -0.968. The number of rotatable bonds is 0. The van der Waals surface area contributed by atoms with Crippen LogP contribution in [0.4, 0.5) is 0 Å². The highest BCUT2D eigenvalue weighted by molar-refractivity contribution is 5.98. The first-order chi connectivity index (χ1) is 7.09. The highest BCUT2D eigenvalue weighted by Crippen LogP contribution is 2.40. The van der Waals surface area contributed by atoms with Crippen molar-refractivity contribution in [2.45, 2.75) is 12.5 Å². The molecule has 1 N–H and O–H groups in total. The van der Waals surface area contributed by atoms with E-state index in [1.165, 1.54) is 0 Å². The number of aromatic hydroxyl groups is 1. The van der Waals surface area contributed by atoms with Crippen LogP contribution in [0.3, 0.4) is 0 Å². The normalized spacial score (nSPS) is 27.7. The van der Waals surface area contributed by atoms with Crippen molar-refractivity contribution >= 4 is 11.9 Å². The summed E-state index contributed by atoms with van der Waals surface area (Å²) < 4.78 is 9.79. The van der Waals surface area contributed by atoms with E-state index in [0.717, 1.165) is 4.57 Å². The second-order valence-corrected chi connectivity index (χ2v) is 3.49. The molecule has 1 saturated heterocycles. The minimum Gasteiger partial charge on any atom is -0.479 e. The number of nitrogens with zero attached hydrogens (tertiary/aromatic N) is 1. The van der Waals surface area contributed by atoms with Gasteiger partial charge in [0.2, 0.25) is 0 Å². The van der Waals surface area contributed by atoms with Crippen molar-refractivity contribution in [3.8, 4) is 5.95 Å². The van der Waals surface area contributed by atoms with Crippen LogP contribution in [0.25, 0.3) is 0 Å². The Morgan fingerprint density at radius 1 is 1.27 bits per heavy atom. The summed E-state index contributed by atoms with van der Waals surface area (Å²) in [7, 11) is 0. The van der Waals surface area contributed by atoms with Crippen LogP contribution < -0.4 is 5.76 Å². The molecule has 1 aromatic rings. The molecule has 0 amide bonds. The molecule has 3 rings (SSSR count). The molecule has 15 heavy (non-hydrogen) atoms. The van der Waals surface area contributed by atoms with Crippen LogP contribution in [-0.2, 0) is 20.7 Å². The Labute approximate surface area is 81.9 Å². The van der Waals surface area contributed by atoms with E-state index in [0.29, 0.717) is 0 Å². The molecule has 1 aromatic heterocycles. The molecule has 2 aliphatic heterocycles. The summed E-state index contributed by atoms with van der Waals surface area (Å²) in [5, 5.41) is 9.23. The number of hydrogen-bond acceptors (Lipinski definition) is 6. The van der Waals surface area contributed by atoms with Crippen LogP contribution in [0.15, 0.2) is 9.21 Å². The molecule has 2 unspecified atom stereocenters. The van der Waals surface area contributed by atoms with Gasteiger partial charge in [0.25, 0.3) is 0 Å². The van der Waals surface area contributed by atoms with Crippen LogP contribution in [0.1, 0.15) is 11.7 Å². The summed E-state index contributed by atoms with van der Waals surface area (Å²) in [6.45, 7) is 0. The monoisotopic (exact) mass is 211 g/mol. The Kier molecular flexibility index (Phi) is 1.27. The molecule has 2 aliphatic rings. The predicted octanol–water partition coefficient (Wildman–Crippen LogP) is -1.06. The van der Waals surface area contributed by atoms with Crippen molar-refractivity contribution in [3.63, 3.8) is 0 Å². The van der Waals surface area contributed by atoms with Gasteiger partial charge in [-0.2, -0.15) is 0 Å². The maximum Gasteiger partial charge on any atom is 0.423 e. The maximum absolute atomic E-state index is 11.3. The van der Waals surface area contributed by atoms with Gasteiger partial charge >= 0.3 is 23.6 Å². The second kappa shape index (κ2) is 2.30. The number of aromatic nitrogens is 1. The number of cyclic esters (lactones) is 2. The van der Waals surface area contributed by atoms with E-state index in [9.17, 15) is 19.5 Å². The summed E-state index contributed by atoms with van der Waals surface area (Å²) in [4.78, 5) is 33.7. The van der Waals surface area contributed by atoms with Crippen molar-refractivity contribution in [2.75, 3.05) is 0 Å². The lowest BCUT2D eigenvalue weighted by Gasteiger charge is -2.01. The summed E-state index contributed by atoms with van der Waals surface area (Å²) in [5.74, 6) is -3.52. The number of esters is 2. The zero-order valence-electron chi connectivity index (χ0n) is 7.30. The molecular weight excluding hydrogens is 206 g/mol. The average Bonchev–Trinajstić information content (AvgIpc) is 2.72. The maximum atomic E-state index is 11.3. The van der Waals surface area contributed by atoms with Gasteiger partial charge in [-0.25, -0.2) is 9.59 Å². The molecule has 1 fully saturated rings. The fraction of sp³-hybridized carbons (Fsp3) is 0.375. The topological polar surface area (TPSA) is 98.7 Å².